The van der Waals surface area contributed by atoms with E-state index < -0.39 is 10.0 Å². The predicted molar refractivity (Wildman–Crippen MR) is 75.6 cm³/mol. The lowest BCUT2D eigenvalue weighted by Crippen LogP contribution is -2.32. The quantitative estimate of drug-likeness (QED) is 0.789. The van der Waals surface area contributed by atoms with Crippen LogP contribution in [0, 0.1) is 5.41 Å². The number of hydrogen-bond acceptors (Lipinski definition) is 3. The van der Waals surface area contributed by atoms with Gasteiger partial charge in [-0.05, 0) is 36.8 Å². The summed E-state index contributed by atoms with van der Waals surface area (Å²) in [5.74, 6) is 0. The fraction of sp³-hybridized carbons (Fsp3) is 0.615. The molecule has 0 aliphatic carbocycles. The van der Waals surface area contributed by atoms with Gasteiger partial charge in [-0.15, -0.1) is 0 Å². The monoisotopic (exact) mass is 302 g/mol. The van der Waals surface area contributed by atoms with Crippen LogP contribution in [0.5, 0.6) is 0 Å². The minimum atomic E-state index is -3.45. The molecule has 1 fully saturated rings. The molecule has 0 aromatic carbocycles. The van der Waals surface area contributed by atoms with Crippen molar-refractivity contribution in [1.82, 2.24) is 9.29 Å². The van der Waals surface area contributed by atoms with Crippen molar-refractivity contribution in [3.63, 3.8) is 0 Å². The molecule has 0 saturated carbocycles. The van der Waals surface area contributed by atoms with Gasteiger partial charge in [-0.25, -0.2) is 13.4 Å². The standard InChI is InChI=1S/C13H19ClN2O2S/c1-13(2)5-3-8-16(9-6-13)19(17,18)11-4-7-15-12(14)10-11/h4,7,10H,3,5-6,8-9H2,1-2H3. The molecule has 19 heavy (non-hydrogen) atoms. The number of hydrogen-bond donors (Lipinski definition) is 0. The first-order valence-corrected chi connectivity index (χ1v) is 8.25. The molecule has 1 aromatic heterocycles. The van der Waals surface area contributed by atoms with Gasteiger partial charge in [-0.1, -0.05) is 25.4 Å². The Labute approximate surface area is 119 Å². The topological polar surface area (TPSA) is 50.3 Å². The van der Waals surface area contributed by atoms with Crippen LogP contribution in [0.4, 0.5) is 0 Å². The number of nitrogens with zero attached hydrogens (tertiary/aromatic N) is 2. The molecule has 4 nitrogen and oxygen atoms in total. The number of rotatable bonds is 2. The van der Waals surface area contributed by atoms with E-state index in [1.807, 2.05) is 0 Å². The molecule has 2 rings (SSSR count). The van der Waals surface area contributed by atoms with E-state index in [0.717, 1.165) is 19.3 Å². The Morgan fingerprint density at radius 2 is 2.05 bits per heavy atom. The van der Waals surface area contributed by atoms with Crippen LogP contribution in [0.15, 0.2) is 23.2 Å². The Morgan fingerprint density at radius 1 is 1.32 bits per heavy atom. The van der Waals surface area contributed by atoms with Gasteiger partial charge in [0.2, 0.25) is 10.0 Å². The fourth-order valence-electron chi connectivity index (χ4n) is 2.33. The van der Waals surface area contributed by atoms with Crippen molar-refractivity contribution in [2.75, 3.05) is 13.1 Å². The largest absolute Gasteiger partial charge is 0.244 e. The van der Waals surface area contributed by atoms with E-state index in [1.54, 1.807) is 4.31 Å². The first-order valence-electron chi connectivity index (χ1n) is 6.43. The SMILES string of the molecule is CC1(C)CCCN(S(=O)(=O)c2ccnc(Cl)c2)CC1. The Hall–Kier alpha value is -0.650. The van der Waals surface area contributed by atoms with Crippen molar-refractivity contribution in [3.05, 3.63) is 23.5 Å². The lowest BCUT2D eigenvalue weighted by Gasteiger charge is -2.23. The summed E-state index contributed by atoms with van der Waals surface area (Å²) in [5, 5.41) is 0.205. The Balaban J connectivity index is 2.25. The normalized spacial score (nSPS) is 21.0. The van der Waals surface area contributed by atoms with Gasteiger partial charge in [0, 0.05) is 19.3 Å². The zero-order valence-corrected chi connectivity index (χ0v) is 12.8. The van der Waals surface area contributed by atoms with Crippen molar-refractivity contribution in [2.24, 2.45) is 5.41 Å². The van der Waals surface area contributed by atoms with Crippen LogP contribution in [0.25, 0.3) is 0 Å². The summed E-state index contributed by atoms with van der Waals surface area (Å²) in [6.45, 7) is 5.51. The molecule has 1 aliphatic rings. The van der Waals surface area contributed by atoms with Crippen molar-refractivity contribution >= 4 is 21.6 Å². The highest BCUT2D eigenvalue weighted by Gasteiger charge is 2.30. The molecule has 0 radical (unpaired) electrons. The van der Waals surface area contributed by atoms with Gasteiger partial charge >= 0.3 is 0 Å². The van der Waals surface area contributed by atoms with Gasteiger partial charge in [0.05, 0.1) is 4.90 Å². The van der Waals surface area contributed by atoms with E-state index in [-0.39, 0.29) is 15.5 Å². The summed E-state index contributed by atoms with van der Waals surface area (Å²) in [7, 11) is -3.45. The highest BCUT2D eigenvalue weighted by atomic mass is 35.5. The van der Waals surface area contributed by atoms with Crippen LogP contribution in [-0.4, -0.2) is 30.8 Å². The average Bonchev–Trinajstić information content (AvgIpc) is 2.50. The van der Waals surface area contributed by atoms with Gasteiger partial charge in [-0.2, -0.15) is 4.31 Å². The summed E-state index contributed by atoms with van der Waals surface area (Å²) in [6, 6.07) is 2.91. The lowest BCUT2D eigenvalue weighted by molar-refractivity contribution is 0.315. The van der Waals surface area contributed by atoms with Crippen LogP contribution in [0.3, 0.4) is 0 Å². The van der Waals surface area contributed by atoms with Crippen molar-refractivity contribution in [3.8, 4) is 0 Å². The van der Waals surface area contributed by atoms with Crippen molar-refractivity contribution < 1.29 is 8.42 Å². The molecule has 106 valence electrons. The van der Waals surface area contributed by atoms with Gasteiger partial charge < -0.3 is 0 Å². The van der Waals surface area contributed by atoms with Gasteiger partial charge in [0.15, 0.2) is 0 Å². The molecule has 0 unspecified atom stereocenters. The Morgan fingerprint density at radius 3 is 2.74 bits per heavy atom. The molecule has 2 heterocycles. The molecular formula is C13H19ClN2O2S. The van der Waals surface area contributed by atoms with Gasteiger partial charge in [0.1, 0.15) is 5.15 Å². The maximum atomic E-state index is 12.5. The Kier molecular flexibility index (Phi) is 4.18. The van der Waals surface area contributed by atoms with Crippen LogP contribution in [0.1, 0.15) is 33.1 Å². The maximum absolute atomic E-state index is 12.5. The van der Waals surface area contributed by atoms with E-state index in [0.29, 0.717) is 13.1 Å². The summed E-state index contributed by atoms with van der Waals surface area (Å²) in [6.07, 6.45) is 4.25. The molecule has 0 atom stereocenters. The number of halogens is 1. The zero-order valence-electron chi connectivity index (χ0n) is 11.3. The van der Waals surface area contributed by atoms with Gasteiger partial charge in [-0.3, -0.25) is 0 Å². The van der Waals surface area contributed by atoms with Crippen LogP contribution >= 0.6 is 11.6 Å². The third-order valence-corrected chi connectivity index (χ3v) is 5.74. The molecule has 0 amide bonds. The maximum Gasteiger partial charge on any atom is 0.243 e. The van der Waals surface area contributed by atoms with Crippen LogP contribution in [0.2, 0.25) is 5.15 Å². The van der Waals surface area contributed by atoms with E-state index in [9.17, 15) is 8.42 Å². The summed E-state index contributed by atoms with van der Waals surface area (Å²) < 4.78 is 26.6. The first kappa shape index (κ1) is 14.8. The molecule has 1 saturated heterocycles. The van der Waals surface area contributed by atoms with E-state index in [2.05, 4.69) is 18.8 Å². The molecular weight excluding hydrogens is 284 g/mol. The minimum absolute atomic E-state index is 0.205. The van der Waals surface area contributed by atoms with Gasteiger partial charge in [0.25, 0.3) is 0 Å². The second kappa shape index (κ2) is 5.38. The second-order valence-electron chi connectivity index (χ2n) is 5.74. The molecule has 0 bridgehead atoms. The third kappa shape index (κ3) is 3.46. The van der Waals surface area contributed by atoms with Crippen molar-refractivity contribution in [2.45, 2.75) is 38.0 Å². The predicted octanol–water partition coefficient (Wildman–Crippen LogP) is 2.94. The highest BCUT2D eigenvalue weighted by Crippen LogP contribution is 2.31. The molecule has 1 aliphatic heterocycles. The molecule has 1 aromatic rings. The second-order valence-corrected chi connectivity index (χ2v) is 8.06. The number of pyridine rings is 1. The zero-order chi connectivity index (χ0) is 14.1. The van der Waals surface area contributed by atoms with E-state index >= 15 is 0 Å². The molecule has 0 spiro atoms. The van der Waals surface area contributed by atoms with Crippen LogP contribution < -0.4 is 0 Å². The first-order chi connectivity index (χ1) is 8.81. The lowest BCUT2D eigenvalue weighted by atomic mass is 9.85. The molecule has 6 heteroatoms. The van der Waals surface area contributed by atoms with E-state index in [4.69, 9.17) is 11.6 Å². The molecule has 0 N–H and O–H groups in total. The summed E-state index contributed by atoms with van der Waals surface area (Å²) >= 11 is 5.77. The number of sulfonamides is 1. The summed E-state index contributed by atoms with van der Waals surface area (Å²) in [5.41, 5.74) is 0.208. The smallest absolute Gasteiger partial charge is 0.243 e. The average molecular weight is 303 g/mol. The number of aromatic nitrogens is 1. The van der Waals surface area contributed by atoms with E-state index in [1.165, 1.54) is 18.3 Å². The minimum Gasteiger partial charge on any atom is -0.244 e. The summed E-state index contributed by atoms with van der Waals surface area (Å²) in [4.78, 5) is 4.05. The van der Waals surface area contributed by atoms with Crippen LogP contribution in [-0.2, 0) is 10.0 Å². The fourth-order valence-corrected chi connectivity index (χ4v) is 4.06. The van der Waals surface area contributed by atoms with Crippen molar-refractivity contribution in [1.29, 1.82) is 0 Å². The highest BCUT2D eigenvalue weighted by molar-refractivity contribution is 7.89. The third-order valence-electron chi connectivity index (χ3n) is 3.63. The Bertz CT molecular complexity index is 558.